The molecule has 0 saturated heterocycles. The van der Waals surface area contributed by atoms with Crippen molar-refractivity contribution in [3.63, 3.8) is 0 Å². The van der Waals surface area contributed by atoms with Crippen LogP contribution in [0, 0.1) is 12.8 Å². The number of hydrogen-bond donors (Lipinski definition) is 1. The van der Waals surface area contributed by atoms with Crippen LogP contribution in [0.3, 0.4) is 0 Å². The smallest absolute Gasteiger partial charge is 0.248 e. The molecule has 3 aromatic rings. The van der Waals surface area contributed by atoms with Crippen molar-refractivity contribution in [3.8, 4) is 5.75 Å². The third kappa shape index (κ3) is 3.17. The van der Waals surface area contributed by atoms with Crippen molar-refractivity contribution in [3.05, 3.63) is 54.2 Å². The zero-order chi connectivity index (χ0) is 19.7. The molecule has 1 N–H and O–H groups in total. The molecule has 1 aliphatic rings. The van der Waals surface area contributed by atoms with Crippen LogP contribution >= 0.6 is 0 Å². The number of fused-ring (bicyclic) bond motifs is 1. The van der Waals surface area contributed by atoms with Crippen LogP contribution in [0.1, 0.15) is 31.4 Å². The Balaban J connectivity index is 1.71. The quantitative estimate of drug-likeness (QED) is 0.732. The maximum atomic E-state index is 13.3. The number of amides is 1. The lowest BCUT2D eigenvalue weighted by atomic mass is 9.91. The van der Waals surface area contributed by atoms with Crippen LogP contribution in [0.25, 0.3) is 0 Å². The summed E-state index contributed by atoms with van der Waals surface area (Å²) in [7, 11) is 0. The van der Waals surface area contributed by atoms with E-state index in [1.54, 1.807) is 4.68 Å². The highest BCUT2D eigenvalue weighted by molar-refractivity contribution is 6.10. The molecule has 0 bridgehead atoms. The number of benzene rings is 1. The van der Waals surface area contributed by atoms with E-state index in [2.05, 4.69) is 20.4 Å². The monoisotopic (exact) mass is 379 g/mol. The molecule has 0 aliphatic carbocycles. The number of carbonyl (C=O) groups excluding carboxylic acids is 1. The number of hydrogen-bond acceptors (Lipinski definition) is 6. The molecule has 144 valence electrons. The minimum Gasteiger partial charge on any atom is -0.492 e. The highest BCUT2D eigenvalue weighted by atomic mass is 16.5. The average Bonchev–Trinajstić information content (AvgIpc) is 3.31. The number of ether oxygens (including phenoxy) is 1. The number of aromatic nitrogens is 3. The van der Waals surface area contributed by atoms with Crippen LogP contribution in [0.5, 0.6) is 5.75 Å². The summed E-state index contributed by atoms with van der Waals surface area (Å²) < 4.78 is 13.1. The Labute approximate surface area is 162 Å². The largest absolute Gasteiger partial charge is 0.492 e. The minimum atomic E-state index is -0.602. The highest BCUT2D eigenvalue weighted by Gasteiger charge is 2.40. The molecule has 2 unspecified atom stereocenters. The number of nitrogens with zero attached hydrogens (tertiary/aromatic N) is 4. The zero-order valence-electron chi connectivity index (χ0n) is 15.9. The summed E-state index contributed by atoms with van der Waals surface area (Å²) in [6.07, 6.45) is 1.43. The second-order valence-corrected chi connectivity index (χ2v) is 6.55. The standard InChI is InChI=1S/C20H21N5O3/c1-4-27-15-8-6-5-7-14(15)24-19(26)17-13(3)23-20-21-11-22-25(20)18(17)16-10-9-12(2)28-16/h5-11,17-18H,4H2,1-3H3,(H,24,26). The van der Waals surface area contributed by atoms with E-state index in [4.69, 9.17) is 9.15 Å². The molecule has 1 amide bonds. The third-order valence-corrected chi connectivity index (χ3v) is 4.64. The van der Waals surface area contributed by atoms with Crippen molar-refractivity contribution in [2.24, 2.45) is 10.9 Å². The molecule has 28 heavy (non-hydrogen) atoms. The first-order valence-electron chi connectivity index (χ1n) is 9.12. The summed E-state index contributed by atoms with van der Waals surface area (Å²) >= 11 is 0. The van der Waals surface area contributed by atoms with E-state index >= 15 is 0 Å². The molecule has 3 heterocycles. The van der Waals surface area contributed by atoms with Crippen LogP contribution in [-0.4, -0.2) is 33.0 Å². The van der Waals surface area contributed by atoms with Gasteiger partial charge in [-0.3, -0.25) is 4.79 Å². The Bertz CT molecular complexity index is 1040. The van der Waals surface area contributed by atoms with Crippen LogP contribution in [-0.2, 0) is 4.79 Å². The fraction of sp³-hybridized carbons (Fsp3) is 0.300. The lowest BCUT2D eigenvalue weighted by Crippen LogP contribution is -2.39. The van der Waals surface area contributed by atoms with Gasteiger partial charge in [-0.2, -0.15) is 10.1 Å². The van der Waals surface area contributed by atoms with Gasteiger partial charge in [0.1, 0.15) is 35.6 Å². The van der Waals surface area contributed by atoms with Crippen LogP contribution in [0.4, 0.5) is 11.6 Å². The molecule has 8 nitrogen and oxygen atoms in total. The number of furan rings is 1. The minimum absolute atomic E-state index is 0.214. The van der Waals surface area contributed by atoms with E-state index < -0.39 is 12.0 Å². The average molecular weight is 379 g/mol. The molecule has 2 aromatic heterocycles. The van der Waals surface area contributed by atoms with Crippen LogP contribution in [0.15, 0.2) is 52.1 Å². The number of para-hydroxylation sites is 2. The molecule has 0 fully saturated rings. The van der Waals surface area contributed by atoms with Crippen molar-refractivity contribution in [1.29, 1.82) is 0 Å². The van der Waals surface area contributed by atoms with Gasteiger partial charge in [-0.05, 0) is 45.0 Å². The summed E-state index contributed by atoms with van der Waals surface area (Å²) in [6, 6.07) is 10.6. The van der Waals surface area contributed by atoms with Gasteiger partial charge in [0.15, 0.2) is 0 Å². The molecule has 0 spiro atoms. The third-order valence-electron chi connectivity index (χ3n) is 4.64. The Morgan fingerprint density at radius 3 is 2.82 bits per heavy atom. The van der Waals surface area contributed by atoms with E-state index in [1.807, 2.05) is 57.2 Å². The van der Waals surface area contributed by atoms with Gasteiger partial charge in [0, 0.05) is 5.71 Å². The van der Waals surface area contributed by atoms with E-state index in [0.29, 0.717) is 35.5 Å². The van der Waals surface area contributed by atoms with Crippen LogP contribution in [0.2, 0.25) is 0 Å². The van der Waals surface area contributed by atoms with E-state index in [9.17, 15) is 4.79 Å². The molecule has 4 rings (SSSR count). The molecule has 1 aromatic carbocycles. The Morgan fingerprint density at radius 1 is 1.25 bits per heavy atom. The maximum absolute atomic E-state index is 13.3. The Hall–Kier alpha value is -3.42. The van der Waals surface area contributed by atoms with Gasteiger partial charge in [-0.25, -0.2) is 9.67 Å². The number of anilines is 1. The summed E-state index contributed by atoms with van der Waals surface area (Å²) in [5, 5.41) is 7.26. The van der Waals surface area contributed by atoms with Crippen molar-refractivity contribution < 1.29 is 13.9 Å². The molecule has 2 atom stereocenters. The van der Waals surface area contributed by atoms with Gasteiger partial charge < -0.3 is 14.5 Å². The molecule has 0 radical (unpaired) electrons. The summed E-state index contributed by atoms with van der Waals surface area (Å²) in [5.74, 6) is 1.66. The molecule has 1 aliphatic heterocycles. The topological polar surface area (TPSA) is 94.5 Å². The summed E-state index contributed by atoms with van der Waals surface area (Å²) in [5.41, 5.74) is 1.26. The lowest BCUT2D eigenvalue weighted by molar-refractivity contribution is -0.119. The number of nitrogens with one attached hydrogen (secondary N) is 1. The second kappa shape index (κ2) is 7.30. The first kappa shape index (κ1) is 18.0. The number of aliphatic imine (C=N–C) groups is 1. The predicted molar refractivity (Wildman–Crippen MR) is 104 cm³/mol. The fourth-order valence-corrected chi connectivity index (χ4v) is 3.41. The van der Waals surface area contributed by atoms with Gasteiger partial charge in [0.05, 0.1) is 12.3 Å². The fourth-order valence-electron chi connectivity index (χ4n) is 3.41. The van der Waals surface area contributed by atoms with Crippen LogP contribution < -0.4 is 10.1 Å². The van der Waals surface area contributed by atoms with Crippen molar-refractivity contribution in [2.45, 2.75) is 26.8 Å². The first-order chi connectivity index (χ1) is 13.6. The van der Waals surface area contributed by atoms with Gasteiger partial charge in [-0.1, -0.05) is 12.1 Å². The van der Waals surface area contributed by atoms with Crippen molar-refractivity contribution in [1.82, 2.24) is 14.8 Å². The number of rotatable bonds is 5. The zero-order valence-corrected chi connectivity index (χ0v) is 15.9. The normalized spacial score (nSPS) is 18.3. The van der Waals surface area contributed by atoms with Gasteiger partial charge in [0.2, 0.25) is 11.9 Å². The van der Waals surface area contributed by atoms with Gasteiger partial charge >= 0.3 is 0 Å². The SMILES string of the molecule is CCOc1ccccc1NC(=O)C1C(C)=Nc2ncnn2C1c1ccc(C)o1. The lowest BCUT2D eigenvalue weighted by Gasteiger charge is -2.29. The van der Waals surface area contributed by atoms with E-state index in [1.165, 1.54) is 6.33 Å². The molecule has 8 heteroatoms. The number of carbonyl (C=O) groups is 1. The van der Waals surface area contributed by atoms with E-state index in [0.717, 1.165) is 5.76 Å². The summed E-state index contributed by atoms with van der Waals surface area (Å²) in [6.45, 7) is 6.09. The van der Waals surface area contributed by atoms with Gasteiger partial charge in [0.25, 0.3) is 0 Å². The second-order valence-electron chi connectivity index (χ2n) is 6.55. The predicted octanol–water partition coefficient (Wildman–Crippen LogP) is 3.53. The molecular weight excluding hydrogens is 358 g/mol. The summed E-state index contributed by atoms with van der Waals surface area (Å²) in [4.78, 5) is 21.9. The van der Waals surface area contributed by atoms with Gasteiger partial charge in [-0.15, -0.1) is 0 Å². The highest BCUT2D eigenvalue weighted by Crippen LogP contribution is 2.37. The Morgan fingerprint density at radius 2 is 2.07 bits per heavy atom. The molecular formula is C20H21N5O3. The van der Waals surface area contributed by atoms with Crippen molar-refractivity contribution in [2.75, 3.05) is 11.9 Å². The first-order valence-corrected chi connectivity index (χ1v) is 9.12. The number of aryl methyl sites for hydroxylation is 1. The van der Waals surface area contributed by atoms with Crippen molar-refractivity contribution >= 4 is 23.3 Å². The maximum Gasteiger partial charge on any atom is 0.248 e. The Kier molecular flexibility index (Phi) is 4.68. The van der Waals surface area contributed by atoms with E-state index in [-0.39, 0.29) is 5.91 Å². The molecule has 0 saturated carbocycles.